The van der Waals surface area contributed by atoms with Gasteiger partial charge in [-0.1, -0.05) is 48.5 Å². The molecule has 2 heterocycles. The summed E-state index contributed by atoms with van der Waals surface area (Å²) in [6.07, 6.45) is 8.33. The molecule has 9 nitrogen and oxygen atoms in total. The molecule has 4 aliphatic rings. The zero-order valence-electron chi connectivity index (χ0n) is 22.6. The van der Waals surface area contributed by atoms with Crippen molar-refractivity contribution in [3.8, 4) is 0 Å². The van der Waals surface area contributed by atoms with E-state index < -0.39 is 40.7 Å². The zero-order valence-corrected chi connectivity index (χ0v) is 22.6. The van der Waals surface area contributed by atoms with E-state index >= 15 is 0 Å². The maximum absolute atomic E-state index is 12.8. The van der Waals surface area contributed by atoms with Crippen LogP contribution in [-0.4, -0.2) is 83.2 Å². The monoisotopic (exact) mass is 532 g/mol. The molecule has 1 saturated carbocycles. The fraction of sp³-hybridized carbons (Fsp3) is 0.655. The molecule has 0 aromatic rings. The lowest BCUT2D eigenvalue weighted by atomic mass is 9.51. The van der Waals surface area contributed by atoms with Crippen molar-refractivity contribution in [2.75, 3.05) is 19.8 Å². The molecule has 8 unspecified atom stereocenters. The van der Waals surface area contributed by atoms with E-state index in [0.717, 1.165) is 12.0 Å². The summed E-state index contributed by atoms with van der Waals surface area (Å²) in [5.74, 6) is -0.921. The predicted octanol–water partition coefficient (Wildman–Crippen LogP) is 2.30. The summed E-state index contributed by atoms with van der Waals surface area (Å²) in [5, 5.41) is 28.2. The number of ether oxygens (including phenoxy) is 4. The number of hydrogen-bond donors (Lipinski definition) is 3. The Labute approximate surface area is 223 Å². The molecule has 0 aromatic heterocycles. The molecule has 210 valence electrons. The van der Waals surface area contributed by atoms with Crippen molar-refractivity contribution < 1.29 is 43.9 Å². The van der Waals surface area contributed by atoms with Crippen LogP contribution in [0.15, 0.2) is 47.6 Å². The second kappa shape index (κ2) is 11.1. The summed E-state index contributed by atoms with van der Waals surface area (Å²) in [7, 11) is 0. The van der Waals surface area contributed by atoms with E-state index in [1.807, 2.05) is 0 Å². The Morgan fingerprint density at radius 1 is 1.29 bits per heavy atom. The number of carbonyl (C=O) groups is 2. The van der Waals surface area contributed by atoms with Gasteiger partial charge in [0.25, 0.3) is 0 Å². The Morgan fingerprint density at radius 3 is 2.68 bits per heavy atom. The SMILES string of the molecule is CC1=CC2OC3CC(OC(=O)C=CC=CC(O)C(C)O)C(C)(C2(COC(=O)CC(C)=CCO)CC1)C31CO1. The lowest BCUT2D eigenvalue weighted by Gasteiger charge is -2.58. The van der Waals surface area contributed by atoms with Crippen molar-refractivity contribution in [3.05, 3.63) is 47.6 Å². The number of allylic oxidation sites excluding steroid dienone is 3. The third-order valence-corrected chi connectivity index (χ3v) is 8.98. The molecule has 4 rings (SSSR count). The largest absolute Gasteiger partial charge is 0.465 e. The number of carbonyl (C=O) groups excluding carboxylic acids is 2. The van der Waals surface area contributed by atoms with Crippen LogP contribution in [0.1, 0.15) is 53.4 Å². The van der Waals surface area contributed by atoms with Gasteiger partial charge in [0.1, 0.15) is 18.3 Å². The number of aliphatic hydroxyl groups is 3. The average molecular weight is 533 g/mol. The lowest BCUT2D eigenvalue weighted by Crippen LogP contribution is -2.66. The molecule has 2 saturated heterocycles. The van der Waals surface area contributed by atoms with Crippen LogP contribution in [0.25, 0.3) is 0 Å². The van der Waals surface area contributed by atoms with Crippen LogP contribution in [0.4, 0.5) is 0 Å². The Kier molecular flexibility index (Phi) is 8.35. The number of rotatable bonds is 10. The minimum Gasteiger partial charge on any atom is -0.465 e. The van der Waals surface area contributed by atoms with Gasteiger partial charge in [0.2, 0.25) is 0 Å². The van der Waals surface area contributed by atoms with Crippen molar-refractivity contribution in [2.24, 2.45) is 10.8 Å². The molecular formula is C29H40O9. The molecule has 3 N–H and O–H groups in total. The molecule has 2 aliphatic heterocycles. The van der Waals surface area contributed by atoms with Gasteiger partial charge >= 0.3 is 11.9 Å². The van der Waals surface area contributed by atoms with E-state index in [-0.39, 0.29) is 37.8 Å². The van der Waals surface area contributed by atoms with Crippen molar-refractivity contribution in [1.29, 1.82) is 0 Å². The van der Waals surface area contributed by atoms with Crippen LogP contribution in [0.3, 0.4) is 0 Å². The van der Waals surface area contributed by atoms with E-state index in [1.165, 1.54) is 36.8 Å². The minimum absolute atomic E-state index is 0.0818. The van der Waals surface area contributed by atoms with Crippen LogP contribution < -0.4 is 0 Å². The highest BCUT2D eigenvalue weighted by Gasteiger charge is 2.83. The number of epoxide rings is 1. The molecule has 8 atom stereocenters. The molecular weight excluding hydrogens is 492 g/mol. The van der Waals surface area contributed by atoms with Crippen molar-refractivity contribution >= 4 is 11.9 Å². The van der Waals surface area contributed by atoms with Gasteiger partial charge in [-0.05, 0) is 33.6 Å². The average Bonchev–Trinajstić information content (AvgIpc) is 3.63. The highest BCUT2D eigenvalue weighted by atomic mass is 16.6. The van der Waals surface area contributed by atoms with Crippen LogP contribution in [0.2, 0.25) is 0 Å². The molecule has 2 aliphatic carbocycles. The van der Waals surface area contributed by atoms with Gasteiger partial charge in [-0.2, -0.15) is 0 Å². The topological polar surface area (TPSA) is 135 Å². The second-order valence-electron chi connectivity index (χ2n) is 11.3. The highest BCUT2D eigenvalue weighted by Crippen LogP contribution is 2.72. The summed E-state index contributed by atoms with van der Waals surface area (Å²) in [6, 6.07) is 0. The van der Waals surface area contributed by atoms with Gasteiger partial charge in [-0.15, -0.1) is 0 Å². The molecule has 0 radical (unpaired) electrons. The highest BCUT2D eigenvalue weighted by molar-refractivity contribution is 5.82. The Hall–Kier alpha value is -2.30. The molecule has 1 spiro atoms. The normalized spacial score (nSPS) is 37.7. The first-order chi connectivity index (χ1) is 18.0. The van der Waals surface area contributed by atoms with E-state index in [2.05, 4.69) is 19.9 Å². The van der Waals surface area contributed by atoms with E-state index in [4.69, 9.17) is 24.1 Å². The van der Waals surface area contributed by atoms with E-state index in [9.17, 15) is 19.8 Å². The van der Waals surface area contributed by atoms with Gasteiger partial charge in [0, 0.05) is 17.9 Å². The van der Waals surface area contributed by atoms with E-state index in [0.29, 0.717) is 19.4 Å². The Balaban J connectivity index is 1.57. The van der Waals surface area contributed by atoms with Gasteiger partial charge in [-0.25, -0.2) is 4.79 Å². The number of esters is 2. The molecule has 3 fully saturated rings. The molecule has 9 heteroatoms. The zero-order chi connectivity index (χ0) is 27.7. The van der Waals surface area contributed by atoms with Gasteiger partial charge in [0.05, 0.1) is 49.5 Å². The smallest absolute Gasteiger partial charge is 0.331 e. The lowest BCUT2D eigenvalue weighted by molar-refractivity contribution is -0.232. The van der Waals surface area contributed by atoms with Crippen molar-refractivity contribution in [2.45, 2.75) is 89.5 Å². The molecule has 2 bridgehead atoms. The molecule has 0 aromatic carbocycles. The quantitative estimate of drug-likeness (QED) is 0.127. The molecule has 0 amide bonds. The maximum atomic E-state index is 12.8. The minimum atomic E-state index is -1.03. The van der Waals surface area contributed by atoms with Gasteiger partial charge < -0.3 is 34.3 Å². The van der Waals surface area contributed by atoms with Crippen LogP contribution in [-0.2, 0) is 28.5 Å². The fourth-order valence-corrected chi connectivity index (χ4v) is 6.50. The third-order valence-electron chi connectivity index (χ3n) is 8.98. The second-order valence-corrected chi connectivity index (χ2v) is 11.3. The predicted molar refractivity (Wildman–Crippen MR) is 138 cm³/mol. The summed E-state index contributed by atoms with van der Waals surface area (Å²) >= 11 is 0. The summed E-state index contributed by atoms with van der Waals surface area (Å²) in [6.45, 7) is 7.84. The van der Waals surface area contributed by atoms with E-state index in [1.54, 1.807) is 13.0 Å². The summed E-state index contributed by atoms with van der Waals surface area (Å²) in [4.78, 5) is 25.6. The fourth-order valence-electron chi connectivity index (χ4n) is 6.50. The first-order valence-electron chi connectivity index (χ1n) is 13.3. The summed E-state index contributed by atoms with van der Waals surface area (Å²) in [5.41, 5.74) is 0.00192. The van der Waals surface area contributed by atoms with Crippen LogP contribution in [0.5, 0.6) is 0 Å². The number of fused-ring (bicyclic) bond motifs is 2. The Morgan fingerprint density at radius 2 is 2.03 bits per heavy atom. The first kappa shape index (κ1) is 28.7. The number of hydrogen-bond acceptors (Lipinski definition) is 9. The Bertz CT molecular complexity index is 1040. The summed E-state index contributed by atoms with van der Waals surface area (Å²) < 4.78 is 24.6. The maximum Gasteiger partial charge on any atom is 0.331 e. The van der Waals surface area contributed by atoms with Gasteiger partial charge in [0.15, 0.2) is 0 Å². The third kappa shape index (κ3) is 5.02. The standard InChI is InChI=1S/C29H40O9/c1-18-9-11-28(16-35-26(34)14-19(2)10-12-30)23(13-18)37-24-15-22(27(28,4)29(24)17-36-29)38-25(33)8-6-5-7-21(32)20(3)31/h5-8,10,13,20-24,30-32H,9,11-12,14-17H2,1-4H3. The molecule has 38 heavy (non-hydrogen) atoms. The first-order valence-corrected chi connectivity index (χ1v) is 13.3. The van der Waals surface area contributed by atoms with Crippen molar-refractivity contribution in [1.82, 2.24) is 0 Å². The number of aliphatic hydroxyl groups excluding tert-OH is 3. The van der Waals surface area contributed by atoms with Crippen molar-refractivity contribution in [3.63, 3.8) is 0 Å². The van der Waals surface area contributed by atoms with Crippen LogP contribution >= 0.6 is 0 Å². The van der Waals surface area contributed by atoms with Crippen LogP contribution in [0, 0.1) is 10.8 Å². The van der Waals surface area contributed by atoms with Gasteiger partial charge in [-0.3, -0.25) is 4.79 Å².